The van der Waals surface area contributed by atoms with Crippen molar-refractivity contribution in [2.24, 2.45) is 0 Å². The summed E-state index contributed by atoms with van der Waals surface area (Å²) in [6.45, 7) is 1.69. The van der Waals surface area contributed by atoms with Gasteiger partial charge in [-0.05, 0) is 25.1 Å². The van der Waals surface area contributed by atoms with Crippen molar-refractivity contribution >= 4 is 49.2 Å². The zero-order chi connectivity index (χ0) is 18.8. The number of sulfonamides is 1. The van der Waals surface area contributed by atoms with Gasteiger partial charge in [-0.1, -0.05) is 23.2 Å². The zero-order valence-electron chi connectivity index (χ0n) is 13.0. The summed E-state index contributed by atoms with van der Waals surface area (Å²) < 4.78 is 55.6. The van der Waals surface area contributed by atoms with Gasteiger partial charge in [-0.2, -0.15) is 0 Å². The topological polar surface area (TPSA) is 119 Å². The molecular formula is C13H16Cl2N2O6S2. The molecule has 0 bridgehead atoms. The Morgan fingerprint density at radius 1 is 1.24 bits per heavy atom. The molecule has 0 aliphatic carbocycles. The molecule has 0 spiro atoms. The highest BCUT2D eigenvalue weighted by Crippen LogP contribution is 2.25. The quantitative estimate of drug-likeness (QED) is 0.723. The first-order valence-corrected chi connectivity index (χ1v) is 11.2. The molecule has 1 aromatic carbocycles. The van der Waals surface area contributed by atoms with Crippen LogP contribution in [0, 0.1) is 0 Å². The summed E-state index contributed by atoms with van der Waals surface area (Å²) in [4.78, 5) is 11.4. The van der Waals surface area contributed by atoms with Crippen molar-refractivity contribution in [1.29, 1.82) is 0 Å². The number of hydrogen-bond acceptors (Lipinski definition) is 6. The van der Waals surface area contributed by atoms with E-state index in [4.69, 9.17) is 27.9 Å². The summed E-state index contributed by atoms with van der Waals surface area (Å²) in [6.07, 6.45) is -0.816. The number of carbonyl (C=O) groups excluding carboxylic acids is 1. The van der Waals surface area contributed by atoms with Crippen LogP contribution in [0.25, 0.3) is 0 Å². The standard InChI is InChI=1S/C13H16Cl2N2O6S2/c1-2-23-13(18)16-11-6-24(19,20)7-12(11)17-25(21,22)8-3-4-9(14)10(15)5-8/h3-5,11-12,17H,2,6-7H2,1H3,(H,16,18)/t11-,12+/m1/s1. The Balaban J connectivity index is 2.22. The molecule has 0 saturated carbocycles. The van der Waals surface area contributed by atoms with Crippen LogP contribution in [-0.2, 0) is 24.6 Å². The summed E-state index contributed by atoms with van der Waals surface area (Å²) in [6, 6.07) is 1.74. The third-order valence-corrected chi connectivity index (χ3v) is 7.40. The van der Waals surface area contributed by atoms with Crippen molar-refractivity contribution in [3.63, 3.8) is 0 Å². The van der Waals surface area contributed by atoms with Crippen molar-refractivity contribution in [1.82, 2.24) is 10.0 Å². The van der Waals surface area contributed by atoms with Crippen LogP contribution in [0.4, 0.5) is 4.79 Å². The highest BCUT2D eigenvalue weighted by molar-refractivity contribution is 7.92. The second kappa shape index (κ2) is 7.67. The molecule has 1 saturated heterocycles. The van der Waals surface area contributed by atoms with Crippen LogP contribution < -0.4 is 10.0 Å². The predicted octanol–water partition coefficient (Wildman–Crippen LogP) is 1.18. The van der Waals surface area contributed by atoms with Crippen LogP contribution in [0.1, 0.15) is 6.92 Å². The van der Waals surface area contributed by atoms with Gasteiger partial charge in [-0.3, -0.25) is 0 Å². The van der Waals surface area contributed by atoms with E-state index in [0.29, 0.717) is 0 Å². The number of rotatable bonds is 5. The third kappa shape index (κ3) is 5.20. The number of nitrogens with one attached hydrogen (secondary N) is 2. The minimum Gasteiger partial charge on any atom is -0.450 e. The summed E-state index contributed by atoms with van der Waals surface area (Å²) in [5, 5.41) is 2.60. The lowest BCUT2D eigenvalue weighted by atomic mass is 10.2. The molecule has 2 atom stereocenters. The van der Waals surface area contributed by atoms with E-state index in [-0.39, 0.29) is 27.3 Å². The Kier molecular flexibility index (Phi) is 6.21. The number of hydrogen-bond donors (Lipinski definition) is 2. The molecule has 1 heterocycles. The summed E-state index contributed by atoms with van der Waals surface area (Å²) in [5.74, 6) is -0.828. The number of halogens is 2. The number of carbonyl (C=O) groups is 1. The van der Waals surface area contributed by atoms with Gasteiger partial charge in [0.1, 0.15) is 0 Å². The molecular weight excluding hydrogens is 415 g/mol. The van der Waals surface area contributed by atoms with Gasteiger partial charge in [0.05, 0.1) is 45.1 Å². The third-order valence-electron chi connectivity index (χ3n) is 3.44. The van der Waals surface area contributed by atoms with Gasteiger partial charge in [0.25, 0.3) is 0 Å². The van der Waals surface area contributed by atoms with Crippen LogP contribution in [0.3, 0.4) is 0 Å². The number of alkyl carbamates (subject to hydrolysis) is 1. The minimum absolute atomic E-state index is 0.0461. The lowest BCUT2D eigenvalue weighted by Gasteiger charge is -2.20. The fourth-order valence-electron chi connectivity index (χ4n) is 2.34. The Labute approximate surface area is 155 Å². The van der Waals surface area contributed by atoms with E-state index in [9.17, 15) is 21.6 Å². The summed E-state index contributed by atoms with van der Waals surface area (Å²) in [5.41, 5.74) is 0. The average Bonchev–Trinajstić information content (AvgIpc) is 2.75. The van der Waals surface area contributed by atoms with Crippen molar-refractivity contribution in [3.05, 3.63) is 28.2 Å². The molecule has 1 amide bonds. The molecule has 2 rings (SSSR count). The minimum atomic E-state index is -4.06. The molecule has 1 aromatic rings. The van der Waals surface area contributed by atoms with Crippen LogP contribution in [0.5, 0.6) is 0 Å². The highest BCUT2D eigenvalue weighted by Gasteiger charge is 2.41. The molecule has 12 heteroatoms. The van der Waals surface area contributed by atoms with Gasteiger partial charge < -0.3 is 10.1 Å². The van der Waals surface area contributed by atoms with E-state index in [2.05, 4.69) is 10.0 Å². The van der Waals surface area contributed by atoms with Crippen molar-refractivity contribution in [2.75, 3.05) is 18.1 Å². The Morgan fingerprint density at radius 2 is 1.88 bits per heavy atom. The molecule has 25 heavy (non-hydrogen) atoms. The van der Waals surface area contributed by atoms with Crippen molar-refractivity contribution in [3.8, 4) is 0 Å². The maximum absolute atomic E-state index is 12.5. The van der Waals surface area contributed by atoms with Gasteiger partial charge in [-0.15, -0.1) is 0 Å². The predicted molar refractivity (Wildman–Crippen MR) is 93.2 cm³/mol. The number of sulfone groups is 1. The first-order chi connectivity index (χ1) is 11.5. The molecule has 1 aliphatic heterocycles. The monoisotopic (exact) mass is 430 g/mol. The van der Waals surface area contributed by atoms with E-state index >= 15 is 0 Å². The lowest BCUT2D eigenvalue weighted by molar-refractivity contribution is 0.148. The number of benzene rings is 1. The molecule has 1 fully saturated rings. The van der Waals surface area contributed by atoms with E-state index in [1.54, 1.807) is 6.92 Å². The first kappa shape index (κ1) is 20.2. The van der Waals surface area contributed by atoms with Crippen molar-refractivity contribution in [2.45, 2.75) is 23.9 Å². The maximum atomic E-state index is 12.5. The molecule has 2 N–H and O–H groups in total. The Bertz CT molecular complexity index is 873. The van der Waals surface area contributed by atoms with Gasteiger partial charge >= 0.3 is 6.09 Å². The normalized spacial score (nSPS) is 22.5. The molecule has 0 radical (unpaired) electrons. The fraction of sp³-hybridized carbons (Fsp3) is 0.462. The molecule has 1 aliphatic rings. The van der Waals surface area contributed by atoms with Crippen LogP contribution in [0.15, 0.2) is 23.1 Å². The molecule has 0 aromatic heterocycles. The van der Waals surface area contributed by atoms with Gasteiger partial charge in [-0.25, -0.2) is 26.4 Å². The summed E-state index contributed by atoms with van der Waals surface area (Å²) in [7, 11) is -7.58. The van der Waals surface area contributed by atoms with Gasteiger partial charge in [0, 0.05) is 0 Å². The lowest BCUT2D eigenvalue weighted by Crippen LogP contribution is -2.50. The first-order valence-electron chi connectivity index (χ1n) is 7.15. The number of ether oxygens (including phenoxy) is 1. The Hall–Kier alpha value is -1.07. The second-order valence-electron chi connectivity index (χ2n) is 5.35. The second-order valence-corrected chi connectivity index (χ2v) is 10.0. The van der Waals surface area contributed by atoms with E-state index in [1.165, 1.54) is 12.1 Å². The summed E-state index contributed by atoms with van der Waals surface area (Å²) >= 11 is 11.6. The van der Waals surface area contributed by atoms with Gasteiger partial charge in [0.2, 0.25) is 10.0 Å². The average molecular weight is 431 g/mol. The SMILES string of the molecule is CCOC(=O)N[C@@H]1CS(=O)(=O)C[C@@H]1NS(=O)(=O)c1ccc(Cl)c(Cl)c1. The zero-order valence-corrected chi connectivity index (χ0v) is 16.2. The van der Waals surface area contributed by atoms with E-state index in [1.807, 2.05) is 0 Å². The Morgan fingerprint density at radius 3 is 2.48 bits per heavy atom. The van der Waals surface area contributed by atoms with Crippen molar-refractivity contribution < 1.29 is 26.4 Å². The molecule has 140 valence electrons. The van der Waals surface area contributed by atoms with Gasteiger partial charge in [0.15, 0.2) is 9.84 Å². The van der Waals surface area contributed by atoms with Crippen LogP contribution in [0.2, 0.25) is 10.0 Å². The maximum Gasteiger partial charge on any atom is 0.407 e. The highest BCUT2D eigenvalue weighted by atomic mass is 35.5. The smallest absolute Gasteiger partial charge is 0.407 e. The van der Waals surface area contributed by atoms with Crippen LogP contribution >= 0.6 is 23.2 Å². The fourth-order valence-corrected chi connectivity index (χ4v) is 5.97. The van der Waals surface area contributed by atoms with E-state index < -0.39 is 43.8 Å². The van der Waals surface area contributed by atoms with E-state index in [0.717, 1.165) is 6.07 Å². The molecule has 8 nitrogen and oxygen atoms in total. The molecule has 0 unspecified atom stereocenters. The number of amides is 1. The largest absolute Gasteiger partial charge is 0.450 e. The van der Waals surface area contributed by atoms with Crippen LogP contribution in [-0.4, -0.2) is 53.1 Å².